The van der Waals surface area contributed by atoms with Crippen molar-refractivity contribution < 1.29 is 9.59 Å². The summed E-state index contributed by atoms with van der Waals surface area (Å²) in [5, 5.41) is 2.85. The molecule has 2 aliphatic carbocycles. The van der Waals surface area contributed by atoms with E-state index in [4.69, 9.17) is 0 Å². The maximum atomic E-state index is 13.1. The minimum Gasteiger partial charge on any atom is -0.333 e. The van der Waals surface area contributed by atoms with Crippen LogP contribution in [0.2, 0.25) is 0 Å². The number of hydrogen-bond donors (Lipinski definition) is 1. The summed E-state index contributed by atoms with van der Waals surface area (Å²) in [4.78, 5) is 28.1. The Morgan fingerprint density at radius 3 is 2.57 bits per heavy atom. The fraction of sp³-hybridized carbons (Fsp3) is 0.556. The van der Waals surface area contributed by atoms with Gasteiger partial charge in [-0.1, -0.05) is 12.8 Å². The van der Waals surface area contributed by atoms with Gasteiger partial charge in [-0.25, -0.2) is 0 Å². The Morgan fingerprint density at radius 1 is 1.17 bits per heavy atom. The topological polar surface area (TPSA) is 49.4 Å². The maximum Gasteiger partial charge on any atom is 0.254 e. The van der Waals surface area contributed by atoms with Gasteiger partial charge in [0.2, 0.25) is 5.91 Å². The third-order valence-corrected chi connectivity index (χ3v) is 6.23. The van der Waals surface area contributed by atoms with Crippen LogP contribution in [0.3, 0.4) is 0 Å². The second-order valence-corrected chi connectivity index (χ2v) is 8.22. The van der Waals surface area contributed by atoms with Crippen molar-refractivity contribution in [2.75, 3.05) is 5.32 Å². The highest BCUT2D eigenvalue weighted by atomic mass is 32.2. The molecule has 1 aliphatic heterocycles. The van der Waals surface area contributed by atoms with Gasteiger partial charge in [-0.15, -0.1) is 11.8 Å². The number of nitrogens with one attached hydrogen (secondary N) is 1. The van der Waals surface area contributed by atoms with Gasteiger partial charge in [-0.05, 0) is 50.8 Å². The Morgan fingerprint density at radius 2 is 1.87 bits per heavy atom. The Labute approximate surface area is 141 Å². The summed E-state index contributed by atoms with van der Waals surface area (Å²) in [6.45, 7) is 1.90. The van der Waals surface area contributed by atoms with E-state index in [-0.39, 0.29) is 17.1 Å². The number of carbonyl (C=O) groups excluding carboxylic acids is 2. The summed E-state index contributed by atoms with van der Waals surface area (Å²) in [7, 11) is 0. The number of nitrogens with zero attached hydrogens (tertiary/aromatic N) is 1. The number of amides is 2. The third-order valence-electron chi connectivity index (χ3n) is 5.05. The van der Waals surface area contributed by atoms with E-state index in [1.807, 2.05) is 25.1 Å². The van der Waals surface area contributed by atoms with Crippen molar-refractivity contribution in [3.8, 4) is 0 Å². The van der Waals surface area contributed by atoms with Crippen LogP contribution < -0.4 is 5.32 Å². The SMILES string of the molecule is CC1Sc2ccc(C(=O)N(C3CCCC3)C3CC3)cc2NC1=O. The van der Waals surface area contributed by atoms with E-state index in [1.54, 1.807) is 11.8 Å². The van der Waals surface area contributed by atoms with Gasteiger partial charge >= 0.3 is 0 Å². The summed E-state index contributed by atoms with van der Waals surface area (Å²) < 4.78 is 0. The van der Waals surface area contributed by atoms with Crippen LogP contribution in [0.25, 0.3) is 0 Å². The number of hydrogen-bond acceptors (Lipinski definition) is 3. The lowest BCUT2D eigenvalue weighted by Crippen LogP contribution is -2.40. The lowest BCUT2D eigenvalue weighted by molar-refractivity contribution is -0.115. The highest BCUT2D eigenvalue weighted by molar-refractivity contribution is 8.00. The maximum absolute atomic E-state index is 13.1. The molecule has 5 heteroatoms. The molecule has 1 heterocycles. The second-order valence-electron chi connectivity index (χ2n) is 6.84. The van der Waals surface area contributed by atoms with Crippen LogP contribution in [0.5, 0.6) is 0 Å². The van der Waals surface area contributed by atoms with Crippen LogP contribution >= 0.6 is 11.8 Å². The lowest BCUT2D eigenvalue weighted by atomic mass is 10.1. The molecule has 122 valence electrons. The van der Waals surface area contributed by atoms with Crippen LogP contribution in [0.15, 0.2) is 23.1 Å². The minimum atomic E-state index is -0.0782. The largest absolute Gasteiger partial charge is 0.333 e. The molecule has 1 aromatic carbocycles. The minimum absolute atomic E-state index is 0.0157. The molecule has 1 N–H and O–H groups in total. The quantitative estimate of drug-likeness (QED) is 0.920. The van der Waals surface area contributed by atoms with E-state index < -0.39 is 0 Å². The second kappa shape index (κ2) is 5.86. The van der Waals surface area contributed by atoms with Crippen LogP contribution in [-0.4, -0.2) is 34.0 Å². The number of carbonyl (C=O) groups is 2. The van der Waals surface area contributed by atoms with Gasteiger partial charge in [0.05, 0.1) is 10.9 Å². The first kappa shape index (κ1) is 15.1. The van der Waals surface area contributed by atoms with E-state index in [2.05, 4.69) is 10.2 Å². The fourth-order valence-corrected chi connectivity index (χ4v) is 4.59. The molecule has 0 spiro atoms. The van der Waals surface area contributed by atoms with Gasteiger partial charge in [0, 0.05) is 22.5 Å². The van der Waals surface area contributed by atoms with Crippen LogP contribution in [-0.2, 0) is 4.79 Å². The Hall–Kier alpha value is -1.49. The third kappa shape index (κ3) is 2.87. The van der Waals surface area contributed by atoms with Crippen molar-refractivity contribution in [3.63, 3.8) is 0 Å². The average Bonchev–Trinajstić information content (AvgIpc) is 3.22. The normalized spacial score (nSPS) is 24.2. The average molecular weight is 330 g/mol. The molecule has 0 bridgehead atoms. The monoisotopic (exact) mass is 330 g/mol. The Bertz CT molecular complexity index is 650. The first-order valence-electron chi connectivity index (χ1n) is 8.58. The molecule has 0 radical (unpaired) electrons. The smallest absolute Gasteiger partial charge is 0.254 e. The predicted molar refractivity (Wildman–Crippen MR) is 91.8 cm³/mol. The van der Waals surface area contributed by atoms with Crippen molar-refractivity contribution in [2.45, 2.75) is 67.7 Å². The molecule has 0 aromatic heterocycles. The van der Waals surface area contributed by atoms with Gasteiger partial charge in [0.1, 0.15) is 0 Å². The molecular formula is C18H22N2O2S. The van der Waals surface area contributed by atoms with Gasteiger partial charge < -0.3 is 10.2 Å². The van der Waals surface area contributed by atoms with E-state index in [9.17, 15) is 9.59 Å². The molecular weight excluding hydrogens is 308 g/mol. The summed E-state index contributed by atoms with van der Waals surface area (Å²) in [5.41, 5.74) is 1.49. The summed E-state index contributed by atoms with van der Waals surface area (Å²) in [5.74, 6) is 0.155. The molecule has 2 fully saturated rings. The molecule has 4 nitrogen and oxygen atoms in total. The zero-order valence-corrected chi connectivity index (χ0v) is 14.2. The lowest BCUT2D eigenvalue weighted by Gasteiger charge is -2.30. The van der Waals surface area contributed by atoms with E-state index in [0.29, 0.717) is 17.6 Å². The summed E-state index contributed by atoms with van der Waals surface area (Å²) in [6.07, 6.45) is 7.01. The molecule has 23 heavy (non-hydrogen) atoms. The Kier molecular flexibility index (Phi) is 3.84. The van der Waals surface area contributed by atoms with Crippen molar-refractivity contribution in [2.24, 2.45) is 0 Å². The number of thioether (sulfide) groups is 1. The molecule has 2 amide bonds. The molecule has 0 saturated heterocycles. The highest BCUT2D eigenvalue weighted by Crippen LogP contribution is 2.38. The first-order valence-corrected chi connectivity index (χ1v) is 9.45. The van der Waals surface area contributed by atoms with E-state index >= 15 is 0 Å². The van der Waals surface area contributed by atoms with Gasteiger partial charge in [0.25, 0.3) is 5.91 Å². The zero-order chi connectivity index (χ0) is 16.0. The van der Waals surface area contributed by atoms with Gasteiger partial charge in [-0.3, -0.25) is 9.59 Å². The Balaban J connectivity index is 1.60. The van der Waals surface area contributed by atoms with Gasteiger partial charge in [-0.2, -0.15) is 0 Å². The molecule has 2 saturated carbocycles. The van der Waals surface area contributed by atoms with Crippen molar-refractivity contribution in [3.05, 3.63) is 23.8 Å². The van der Waals surface area contributed by atoms with E-state index in [0.717, 1.165) is 36.3 Å². The molecule has 1 unspecified atom stereocenters. The van der Waals surface area contributed by atoms with Crippen LogP contribution in [0.4, 0.5) is 5.69 Å². The molecule has 4 rings (SSSR count). The molecule has 3 aliphatic rings. The van der Waals surface area contributed by atoms with E-state index in [1.165, 1.54) is 12.8 Å². The van der Waals surface area contributed by atoms with Crippen LogP contribution in [0, 0.1) is 0 Å². The predicted octanol–water partition coefficient (Wildman–Crippen LogP) is 3.67. The number of anilines is 1. The number of rotatable bonds is 3. The van der Waals surface area contributed by atoms with Gasteiger partial charge in [0.15, 0.2) is 0 Å². The van der Waals surface area contributed by atoms with Crippen molar-refractivity contribution in [1.82, 2.24) is 4.90 Å². The molecule has 1 atom stereocenters. The van der Waals surface area contributed by atoms with Crippen molar-refractivity contribution in [1.29, 1.82) is 0 Å². The first-order chi connectivity index (χ1) is 11.1. The highest BCUT2D eigenvalue weighted by Gasteiger charge is 2.39. The van der Waals surface area contributed by atoms with Crippen LogP contribution in [0.1, 0.15) is 55.8 Å². The fourth-order valence-electron chi connectivity index (χ4n) is 3.66. The number of fused-ring (bicyclic) bond motifs is 1. The summed E-state index contributed by atoms with van der Waals surface area (Å²) >= 11 is 1.56. The number of benzene rings is 1. The standard InChI is InChI=1S/C18H22N2O2S/c1-11-17(21)19-15-10-12(6-9-16(15)23-11)18(22)20(14-7-8-14)13-4-2-3-5-13/h6,9-11,13-14H,2-5,7-8H2,1H3,(H,19,21). The zero-order valence-electron chi connectivity index (χ0n) is 13.4. The molecule has 1 aromatic rings. The van der Waals surface area contributed by atoms with Crippen molar-refractivity contribution >= 4 is 29.3 Å². The summed E-state index contributed by atoms with van der Waals surface area (Å²) in [6, 6.07) is 6.60.